The van der Waals surface area contributed by atoms with Gasteiger partial charge in [0.15, 0.2) is 11.3 Å². The Hall–Kier alpha value is -3.40. The Morgan fingerprint density at radius 3 is 2.77 bits per heavy atom. The number of hydrogen-bond donors (Lipinski definition) is 4. The summed E-state index contributed by atoms with van der Waals surface area (Å²) in [4.78, 5) is 35.0. The highest BCUT2D eigenvalue weighted by Gasteiger charge is 2.29. The maximum atomic E-state index is 12.0. The summed E-state index contributed by atoms with van der Waals surface area (Å²) in [6, 6.07) is 6.03. The monoisotopic (exact) mass is 408 g/mol. The number of aromatic amines is 1. The molecule has 1 aliphatic carbocycles. The zero-order valence-corrected chi connectivity index (χ0v) is 16.9. The second-order valence-electron chi connectivity index (χ2n) is 7.35. The molecule has 1 saturated carbocycles. The molecule has 4 rings (SSSR count). The summed E-state index contributed by atoms with van der Waals surface area (Å²) in [6.45, 7) is 2.56. The lowest BCUT2D eigenvalue weighted by Crippen LogP contribution is -2.47. The molecule has 10 nitrogen and oxygen atoms in total. The predicted molar refractivity (Wildman–Crippen MR) is 112 cm³/mol. The van der Waals surface area contributed by atoms with Crippen molar-refractivity contribution in [3.8, 4) is 0 Å². The van der Waals surface area contributed by atoms with Gasteiger partial charge in [-0.05, 0) is 43.0 Å². The van der Waals surface area contributed by atoms with Gasteiger partial charge in [-0.2, -0.15) is 0 Å². The lowest BCUT2D eigenvalue weighted by Gasteiger charge is -2.36. The number of H-pyrrole nitrogens is 1. The van der Waals surface area contributed by atoms with Gasteiger partial charge in [-0.3, -0.25) is 9.59 Å². The molecule has 0 saturated heterocycles. The van der Waals surface area contributed by atoms with Gasteiger partial charge in [0.25, 0.3) is 11.5 Å². The predicted octanol–water partition coefficient (Wildman–Crippen LogP) is 0.763. The van der Waals surface area contributed by atoms with Gasteiger partial charge in [0.1, 0.15) is 11.5 Å². The van der Waals surface area contributed by atoms with Crippen molar-refractivity contribution < 1.29 is 4.79 Å². The van der Waals surface area contributed by atoms with Crippen LogP contribution < -0.4 is 21.5 Å². The van der Waals surface area contributed by atoms with E-state index in [9.17, 15) is 9.59 Å². The molecule has 0 spiro atoms. The molecule has 1 fully saturated rings. The van der Waals surface area contributed by atoms with Crippen LogP contribution >= 0.6 is 0 Å². The van der Waals surface area contributed by atoms with E-state index >= 15 is 0 Å². The van der Waals surface area contributed by atoms with E-state index in [-0.39, 0.29) is 11.5 Å². The number of pyridine rings is 1. The van der Waals surface area contributed by atoms with Crippen LogP contribution in [0.2, 0.25) is 0 Å². The molecule has 0 aromatic carbocycles. The van der Waals surface area contributed by atoms with Crippen LogP contribution in [0.1, 0.15) is 41.5 Å². The third-order valence-electron chi connectivity index (χ3n) is 5.22. The summed E-state index contributed by atoms with van der Waals surface area (Å²) < 4.78 is 0. The molecule has 3 aromatic heterocycles. The van der Waals surface area contributed by atoms with Crippen LogP contribution in [0.25, 0.3) is 11.2 Å². The van der Waals surface area contributed by atoms with E-state index in [1.807, 2.05) is 13.0 Å². The minimum atomic E-state index is -0.254. The molecule has 0 unspecified atom stereocenters. The van der Waals surface area contributed by atoms with Gasteiger partial charge in [0.05, 0.1) is 5.52 Å². The zero-order valence-electron chi connectivity index (χ0n) is 16.9. The summed E-state index contributed by atoms with van der Waals surface area (Å²) in [5.41, 5.74) is 2.85. The van der Waals surface area contributed by atoms with E-state index in [1.165, 1.54) is 0 Å². The maximum absolute atomic E-state index is 12.0. The van der Waals surface area contributed by atoms with E-state index in [4.69, 9.17) is 0 Å². The number of amides is 1. The van der Waals surface area contributed by atoms with E-state index in [0.717, 1.165) is 18.4 Å². The highest BCUT2D eigenvalue weighted by molar-refractivity contribution is 5.91. The summed E-state index contributed by atoms with van der Waals surface area (Å²) in [7, 11) is 1.56. The molecule has 0 radical (unpaired) electrons. The first-order valence-electron chi connectivity index (χ1n) is 9.99. The van der Waals surface area contributed by atoms with Crippen molar-refractivity contribution in [1.82, 2.24) is 35.8 Å². The lowest BCUT2D eigenvalue weighted by molar-refractivity contribution is 0.0957. The first-order chi connectivity index (χ1) is 14.6. The Kier molecular flexibility index (Phi) is 5.66. The molecule has 4 N–H and O–H groups in total. The van der Waals surface area contributed by atoms with Crippen LogP contribution in [-0.4, -0.2) is 50.2 Å². The Morgan fingerprint density at radius 2 is 2.07 bits per heavy atom. The number of hydrogen-bond acceptors (Lipinski definition) is 8. The van der Waals surface area contributed by atoms with Gasteiger partial charge in [0.2, 0.25) is 0 Å². The number of carbonyl (C=O) groups is 1. The van der Waals surface area contributed by atoms with Crippen molar-refractivity contribution in [3.05, 3.63) is 51.7 Å². The van der Waals surface area contributed by atoms with E-state index in [0.29, 0.717) is 53.4 Å². The average molecular weight is 408 g/mol. The summed E-state index contributed by atoms with van der Waals surface area (Å²) in [6.07, 6.45) is 4.28. The number of fused-ring (bicyclic) bond motifs is 1. The summed E-state index contributed by atoms with van der Waals surface area (Å²) >= 11 is 0. The standard InChI is InChI=1S/C20H24N8O2/c1-3-14-20(30)26-16-6-11(10-23-18(16)25-14)9-22-12-7-13(8-12)24-17-5-4-15(27-28-17)19(29)21-2/h4-6,10,12-13,22H,3,7-9H2,1-2H3,(H,21,29)(H,24,28)(H,26,30). The largest absolute Gasteiger partial charge is 0.366 e. The quantitative estimate of drug-likeness (QED) is 0.450. The van der Waals surface area contributed by atoms with Gasteiger partial charge in [-0.15, -0.1) is 10.2 Å². The van der Waals surface area contributed by atoms with Crippen molar-refractivity contribution in [2.24, 2.45) is 0 Å². The van der Waals surface area contributed by atoms with Crippen LogP contribution in [0.3, 0.4) is 0 Å². The number of aromatic nitrogens is 5. The highest BCUT2D eigenvalue weighted by atomic mass is 16.1. The number of carbonyl (C=O) groups excluding carboxylic acids is 1. The number of anilines is 1. The second kappa shape index (κ2) is 8.54. The van der Waals surface area contributed by atoms with Crippen LogP contribution in [0.15, 0.2) is 29.2 Å². The van der Waals surface area contributed by atoms with E-state index in [1.54, 1.807) is 25.4 Å². The molecular weight excluding hydrogens is 384 g/mol. The maximum Gasteiger partial charge on any atom is 0.271 e. The zero-order chi connectivity index (χ0) is 21.1. The Bertz CT molecular complexity index is 1110. The second-order valence-corrected chi connectivity index (χ2v) is 7.35. The summed E-state index contributed by atoms with van der Waals surface area (Å²) in [5, 5.41) is 17.3. The fourth-order valence-electron chi connectivity index (χ4n) is 3.42. The fourth-order valence-corrected chi connectivity index (χ4v) is 3.42. The molecule has 156 valence electrons. The number of nitrogens with zero attached hydrogens (tertiary/aromatic N) is 4. The topological polar surface area (TPSA) is 138 Å². The smallest absolute Gasteiger partial charge is 0.271 e. The number of nitrogens with one attached hydrogen (secondary N) is 4. The Balaban J connectivity index is 1.27. The minimum Gasteiger partial charge on any atom is -0.366 e. The third-order valence-corrected chi connectivity index (χ3v) is 5.22. The minimum absolute atomic E-state index is 0.156. The molecule has 0 bridgehead atoms. The molecule has 0 atom stereocenters. The van der Waals surface area contributed by atoms with Crippen molar-refractivity contribution in [1.29, 1.82) is 0 Å². The van der Waals surface area contributed by atoms with Crippen molar-refractivity contribution in [2.75, 3.05) is 12.4 Å². The molecule has 3 heterocycles. The molecule has 10 heteroatoms. The molecular formula is C20H24N8O2. The molecule has 3 aromatic rings. The molecule has 1 amide bonds. The first-order valence-corrected chi connectivity index (χ1v) is 9.99. The SMILES string of the molecule is CCc1nc2ncc(CNC3CC(Nc4ccc(C(=O)NC)nn4)C3)cc2[nH]c1=O. The van der Waals surface area contributed by atoms with Gasteiger partial charge in [-0.1, -0.05) is 6.92 Å². The van der Waals surface area contributed by atoms with E-state index in [2.05, 4.69) is 41.1 Å². The molecule has 1 aliphatic rings. The highest BCUT2D eigenvalue weighted by Crippen LogP contribution is 2.24. The number of aryl methyl sites for hydroxylation is 1. The van der Waals surface area contributed by atoms with Crippen molar-refractivity contribution in [3.63, 3.8) is 0 Å². The van der Waals surface area contributed by atoms with E-state index < -0.39 is 0 Å². The Morgan fingerprint density at radius 1 is 1.23 bits per heavy atom. The lowest BCUT2D eigenvalue weighted by atomic mass is 9.86. The number of rotatable bonds is 7. The first kappa shape index (κ1) is 19.9. The van der Waals surface area contributed by atoms with Crippen LogP contribution in [0.5, 0.6) is 0 Å². The fraction of sp³-hybridized carbons (Fsp3) is 0.400. The van der Waals surface area contributed by atoms with Crippen molar-refractivity contribution >= 4 is 22.9 Å². The van der Waals surface area contributed by atoms with Gasteiger partial charge in [-0.25, -0.2) is 9.97 Å². The Labute approximate surface area is 172 Å². The van der Waals surface area contributed by atoms with Gasteiger partial charge >= 0.3 is 0 Å². The van der Waals surface area contributed by atoms with Crippen LogP contribution in [0, 0.1) is 0 Å². The van der Waals surface area contributed by atoms with Crippen LogP contribution in [0.4, 0.5) is 5.82 Å². The average Bonchev–Trinajstić information content (AvgIpc) is 2.74. The van der Waals surface area contributed by atoms with Gasteiger partial charge in [0, 0.05) is 31.9 Å². The third kappa shape index (κ3) is 4.28. The molecule has 30 heavy (non-hydrogen) atoms. The normalized spacial score (nSPS) is 18.1. The van der Waals surface area contributed by atoms with Crippen LogP contribution in [-0.2, 0) is 13.0 Å². The van der Waals surface area contributed by atoms with Crippen molar-refractivity contribution in [2.45, 2.75) is 44.8 Å². The summed E-state index contributed by atoms with van der Waals surface area (Å²) in [5.74, 6) is 0.406. The molecule has 0 aliphatic heterocycles. The van der Waals surface area contributed by atoms with Gasteiger partial charge < -0.3 is 20.9 Å².